The average Bonchev–Trinajstić information content (AvgIpc) is 2.97. The Bertz CT molecular complexity index is 847. The molecule has 0 aliphatic rings. The lowest BCUT2D eigenvalue weighted by atomic mass is 10.2. The average molecular weight is 438 g/mol. The highest BCUT2D eigenvalue weighted by Gasteiger charge is 2.10. The Hall–Kier alpha value is -1.86. The third kappa shape index (κ3) is 3.92. The first-order chi connectivity index (χ1) is 11.1. The normalized spacial score (nSPS) is 10.5. The van der Waals surface area contributed by atoms with Gasteiger partial charge in [-0.2, -0.15) is 5.10 Å². The van der Waals surface area contributed by atoms with E-state index in [1.54, 1.807) is 23.1 Å². The summed E-state index contributed by atoms with van der Waals surface area (Å²) in [6.45, 7) is 0.554. The van der Waals surface area contributed by atoms with E-state index in [9.17, 15) is 4.79 Å². The molecule has 0 aliphatic heterocycles. The van der Waals surface area contributed by atoms with Gasteiger partial charge < -0.3 is 5.32 Å². The smallest absolute Gasteiger partial charge is 0.256 e. The molecule has 0 unspecified atom stereocenters. The number of carbonyl (C=O) groups excluding carboxylic acids is 1. The van der Waals surface area contributed by atoms with Gasteiger partial charge in [0.25, 0.3) is 5.91 Å². The molecule has 0 atom stereocenters. The molecule has 0 spiro atoms. The van der Waals surface area contributed by atoms with Gasteiger partial charge in [0.15, 0.2) is 0 Å². The Kier molecular flexibility index (Phi) is 4.97. The maximum atomic E-state index is 12.3. The molecule has 23 heavy (non-hydrogen) atoms. The molecule has 6 heteroatoms. The van der Waals surface area contributed by atoms with Crippen LogP contribution in [0.15, 0.2) is 60.9 Å². The lowest BCUT2D eigenvalue weighted by Crippen LogP contribution is -2.12. The molecular formula is C17H13ClIN3O. The third-order valence-corrected chi connectivity index (χ3v) is 4.61. The number of nitrogens with zero attached hydrogens (tertiary/aromatic N) is 2. The van der Waals surface area contributed by atoms with Gasteiger partial charge in [-0.1, -0.05) is 41.9 Å². The first-order valence-corrected chi connectivity index (χ1v) is 8.41. The fourth-order valence-electron chi connectivity index (χ4n) is 2.16. The van der Waals surface area contributed by atoms with E-state index in [0.717, 1.165) is 9.13 Å². The second kappa shape index (κ2) is 7.14. The number of hydrogen-bond donors (Lipinski definition) is 1. The predicted molar refractivity (Wildman–Crippen MR) is 99.9 cm³/mol. The number of nitrogens with one attached hydrogen (secondary N) is 1. The molecule has 2 aromatic carbocycles. The Labute approximate surface area is 152 Å². The molecule has 3 rings (SSSR count). The van der Waals surface area contributed by atoms with Crippen LogP contribution in [-0.4, -0.2) is 15.7 Å². The SMILES string of the molecule is O=C(Nc1cnn(Cc2ccccc2Cl)c1)c1ccccc1I. The molecule has 0 radical (unpaired) electrons. The van der Waals surface area contributed by atoms with Crippen LogP contribution in [0.3, 0.4) is 0 Å². The van der Waals surface area contributed by atoms with Crippen molar-refractivity contribution in [3.05, 3.63) is 80.6 Å². The zero-order valence-corrected chi connectivity index (χ0v) is 15.0. The first kappa shape index (κ1) is 16.0. The van der Waals surface area contributed by atoms with Crippen molar-refractivity contribution in [1.29, 1.82) is 0 Å². The lowest BCUT2D eigenvalue weighted by molar-refractivity contribution is 0.102. The number of benzene rings is 2. The molecule has 1 N–H and O–H groups in total. The summed E-state index contributed by atoms with van der Waals surface area (Å²) in [4.78, 5) is 12.3. The monoisotopic (exact) mass is 437 g/mol. The zero-order valence-electron chi connectivity index (χ0n) is 12.0. The summed E-state index contributed by atoms with van der Waals surface area (Å²) < 4.78 is 2.65. The molecule has 116 valence electrons. The van der Waals surface area contributed by atoms with Crippen molar-refractivity contribution in [2.24, 2.45) is 0 Å². The Morgan fingerprint density at radius 3 is 2.70 bits per heavy atom. The fraction of sp³-hybridized carbons (Fsp3) is 0.0588. The quantitative estimate of drug-likeness (QED) is 0.613. The van der Waals surface area contributed by atoms with E-state index in [1.807, 2.05) is 42.5 Å². The van der Waals surface area contributed by atoms with Crippen LogP contribution >= 0.6 is 34.2 Å². The molecule has 1 heterocycles. The molecular weight excluding hydrogens is 425 g/mol. The van der Waals surface area contributed by atoms with Crippen LogP contribution in [0.25, 0.3) is 0 Å². The number of amides is 1. The molecule has 0 bridgehead atoms. The van der Waals surface area contributed by atoms with Crippen molar-refractivity contribution in [3.8, 4) is 0 Å². The van der Waals surface area contributed by atoms with Gasteiger partial charge >= 0.3 is 0 Å². The standard InChI is InChI=1S/C17H13ClIN3O/c18-15-7-3-1-5-12(15)10-22-11-13(9-20-22)21-17(23)14-6-2-4-8-16(14)19/h1-9,11H,10H2,(H,21,23). The van der Waals surface area contributed by atoms with Gasteiger partial charge in [0, 0.05) is 14.8 Å². The van der Waals surface area contributed by atoms with E-state index in [2.05, 4.69) is 33.0 Å². The number of halogens is 2. The lowest BCUT2D eigenvalue weighted by Gasteiger charge is -2.05. The highest BCUT2D eigenvalue weighted by molar-refractivity contribution is 14.1. The number of rotatable bonds is 4. The minimum absolute atomic E-state index is 0.146. The van der Waals surface area contributed by atoms with Crippen LogP contribution in [0, 0.1) is 3.57 Å². The van der Waals surface area contributed by atoms with Crippen molar-refractivity contribution >= 4 is 45.8 Å². The molecule has 0 aliphatic carbocycles. The van der Waals surface area contributed by atoms with Crippen LogP contribution < -0.4 is 5.32 Å². The third-order valence-electron chi connectivity index (χ3n) is 3.30. The van der Waals surface area contributed by atoms with Crippen molar-refractivity contribution in [1.82, 2.24) is 9.78 Å². The summed E-state index contributed by atoms with van der Waals surface area (Å²) >= 11 is 8.30. The molecule has 1 amide bonds. The van der Waals surface area contributed by atoms with Crippen LogP contribution in [-0.2, 0) is 6.54 Å². The minimum atomic E-state index is -0.146. The van der Waals surface area contributed by atoms with Crippen molar-refractivity contribution in [2.45, 2.75) is 6.54 Å². The molecule has 1 aromatic heterocycles. The second-order valence-electron chi connectivity index (χ2n) is 4.95. The van der Waals surface area contributed by atoms with Crippen molar-refractivity contribution in [3.63, 3.8) is 0 Å². The number of hydrogen-bond acceptors (Lipinski definition) is 2. The van der Waals surface area contributed by atoms with Gasteiger partial charge in [0.2, 0.25) is 0 Å². The number of aromatic nitrogens is 2. The van der Waals surface area contributed by atoms with E-state index in [4.69, 9.17) is 11.6 Å². The largest absolute Gasteiger partial charge is 0.319 e. The Balaban J connectivity index is 1.72. The molecule has 4 nitrogen and oxygen atoms in total. The zero-order chi connectivity index (χ0) is 16.2. The van der Waals surface area contributed by atoms with E-state index in [-0.39, 0.29) is 5.91 Å². The van der Waals surface area contributed by atoms with Crippen molar-refractivity contribution in [2.75, 3.05) is 5.32 Å². The first-order valence-electron chi connectivity index (χ1n) is 6.95. The van der Waals surface area contributed by atoms with Gasteiger partial charge in [-0.15, -0.1) is 0 Å². The maximum absolute atomic E-state index is 12.3. The van der Waals surface area contributed by atoms with E-state index >= 15 is 0 Å². The van der Waals surface area contributed by atoms with Crippen molar-refractivity contribution < 1.29 is 4.79 Å². The van der Waals surface area contributed by atoms with E-state index < -0.39 is 0 Å². The summed E-state index contributed by atoms with van der Waals surface area (Å²) in [7, 11) is 0. The van der Waals surface area contributed by atoms with E-state index in [1.165, 1.54) is 0 Å². The molecule has 3 aromatic rings. The fourth-order valence-corrected chi connectivity index (χ4v) is 2.99. The maximum Gasteiger partial charge on any atom is 0.256 e. The van der Waals surface area contributed by atoms with Crippen LogP contribution in [0.2, 0.25) is 5.02 Å². The summed E-state index contributed by atoms with van der Waals surface area (Å²) in [6.07, 6.45) is 3.42. The van der Waals surface area contributed by atoms with Gasteiger partial charge in [-0.3, -0.25) is 9.48 Å². The predicted octanol–water partition coefficient (Wildman–Crippen LogP) is 4.44. The summed E-state index contributed by atoms with van der Waals surface area (Å²) in [5.74, 6) is -0.146. The highest BCUT2D eigenvalue weighted by atomic mass is 127. The minimum Gasteiger partial charge on any atom is -0.319 e. The van der Waals surface area contributed by atoms with Gasteiger partial charge in [-0.25, -0.2) is 0 Å². The summed E-state index contributed by atoms with van der Waals surface area (Å²) in [5, 5.41) is 7.82. The second-order valence-corrected chi connectivity index (χ2v) is 6.52. The van der Waals surface area contributed by atoms with Crippen LogP contribution in [0.4, 0.5) is 5.69 Å². The van der Waals surface area contributed by atoms with Gasteiger partial charge in [-0.05, 0) is 46.4 Å². The van der Waals surface area contributed by atoms with E-state index in [0.29, 0.717) is 22.8 Å². The molecule has 0 fully saturated rings. The Morgan fingerprint density at radius 1 is 1.17 bits per heavy atom. The number of anilines is 1. The summed E-state index contributed by atoms with van der Waals surface area (Å²) in [6, 6.07) is 15.1. The molecule has 0 saturated heterocycles. The van der Waals surface area contributed by atoms with Gasteiger partial charge in [0.1, 0.15) is 0 Å². The van der Waals surface area contributed by atoms with Crippen LogP contribution in [0.1, 0.15) is 15.9 Å². The summed E-state index contributed by atoms with van der Waals surface area (Å²) in [5.41, 5.74) is 2.28. The van der Waals surface area contributed by atoms with Gasteiger partial charge in [0.05, 0.1) is 24.0 Å². The molecule has 0 saturated carbocycles. The Morgan fingerprint density at radius 2 is 1.91 bits per heavy atom. The highest BCUT2D eigenvalue weighted by Crippen LogP contribution is 2.18. The number of carbonyl (C=O) groups is 1. The van der Waals surface area contributed by atoms with Crippen LogP contribution in [0.5, 0.6) is 0 Å². The topological polar surface area (TPSA) is 46.9 Å².